The molecular formula is C16H19N3OS. The lowest BCUT2D eigenvalue weighted by molar-refractivity contribution is 0.0943. The number of carbonyl (C=O) groups is 1. The number of hydrogen-bond acceptors (Lipinski definition) is 4. The Morgan fingerprint density at radius 1 is 1.43 bits per heavy atom. The maximum Gasteiger partial charge on any atom is 0.252 e. The highest BCUT2D eigenvalue weighted by Crippen LogP contribution is 2.22. The second-order valence-electron chi connectivity index (χ2n) is 5.14. The Labute approximate surface area is 128 Å². The Morgan fingerprint density at radius 3 is 3.05 bits per heavy atom. The zero-order chi connectivity index (χ0) is 14.7. The highest BCUT2D eigenvalue weighted by atomic mass is 32.2. The summed E-state index contributed by atoms with van der Waals surface area (Å²) in [6, 6.07) is 9.93. The molecule has 1 aromatic carbocycles. The molecule has 1 aliphatic heterocycles. The maximum atomic E-state index is 12.6. The van der Waals surface area contributed by atoms with E-state index in [1.807, 2.05) is 49.0 Å². The molecule has 21 heavy (non-hydrogen) atoms. The van der Waals surface area contributed by atoms with Gasteiger partial charge in [0.25, 0.3) is 5.91 Å². The topological polar surface area (TPSA) is 54.0 Å². The molecule has 0 spiro atoms. The second-order valence-corrected chi connectivity index (χ2v) is 6.29. The van der Waals surface area contributed by atoms with E-state index in [0.717, 1.165) is 41.2 Å². The van der Waals surface area contributed by atoms with Crippen LogP contribution in [0.2, 0.25) is 0 Å². The predicted molar refractivity (Wildman–Crippen MR) is 89.1 cm³/mol. The largest absolute Gasteiger partial charge is 0.370 e. The Hall–Kier alpha value is -1.75. The molecule has 3 rings (SSSR count). The molecular weight excluding hydrogens is 282 g/mol. The Morgan fingerprint density at radius 2 is 2.29 bits per heavy atom. The minimum Gasteiger partial charge on any atom is -0.370 e. The summed E-state index contributed by atoms with van der Waals surface area (Å²) in [4.78, 5) is 17.1. The summed E-state index contributed by atoms with van der Waals surface area (Å²) in [6.45, 7) is 2.80. The van der Waals surface area contributed by atoms with E-state index in [2.05, 4.69) is 15.6 Å². The predicted octanol–water partition coefficient (Wildman–Crippen LogP) is 2.90. The van der Waals surface area contributed by atoms with Crippen LogP contribution in [0.15, 0.2) is 30.3 Å². The van der Waals surface area contributed by atoms with E-state index in [1.54, 1.807) is 0 Å². The number of fused-ring (bicyclic) bond motifs is 1. The van der Waals surface area contributed by atoms with Crippen molar-refractivity contribution in [3.63, 3.8) is 0 Å². The van der Waals surface area contributed by atoms with Crippen molar-refractivity contribution in [1.29, 1.82) is 0 Å². The maximum absolute atomic E-state index is 12.6. The SMILES string of the molecule is CCNc1cc(C(=O)NC2CCSC2)c2ccccc2n1. The number of benzene rings is 1. The standard InChI is InChI=1S/C16H19N3OS/c1-2-17-15-9-13(12-5-3-4-6-14(12)19-15)16(20)18-11-7-8-21-10-11/h3-6,9,11H,2,7-8,10H2,1H3,(H,17,19)(H,18,20). The second kappa shape index (κ2) is 6.35. The van der Waals surface area contributed by atoms with Crippen molar-refractivity contribution in [1.82, 2.24) is 10.3 Å². The lowest BCUT2D eigenvalue weighted by Gasteiger charge is -2.14. The summed E-state index contributed by atoms with van der Waals surface area (Å²) >= 11 is 1.89. The van der Waals surface area contributed by atoms with Crippen LogP contribution in [-0.2, 0) is 0 Å². The van der Waals surface area contributed by atoms with Gasteiger partial charge >= 0.3 is 0 Å². The van der Waals surface area contributed by atoms with E-state index in [9.17, 15) is 4.79 Å². The van der Waals surface area contributed by atoms with Crippen molar-refractivity contribution in [3.8, 4) is 0 Å². The number of pyridine rings is 1. The molecule has 1 atom stereocenters. The van der Waals surface area contributed by atoms with Crippen LogP contribution in [0.3, 0.4) is 0 Å². The Bertz CT molecular complexity index is 653. The third kappa shape index (κ3) is 3.13. The van der Waals surface area contributed by atoms with E-state index in [1.165, 1.54) is 0 Å². The molecule has 2 heterocycles. The van der Waals surface area contributed by atoms with Gasteiger partial charge in [-0.3, -0.25) is 4.79 Å². The van der Waals surface area contributed by atoms with Crippen molar-refractivity contribution >= 4 is 34.4 Å². The van der Waals surface area contributed by atoms with Crippen molar-refractivity contribution in [3.05, 3.63) is 35.9 Å². The number of nitrogens with zero attached hydrogens (tertiary/aromatic N) is 1. The van der Waals surface area contributed by atoms with Gasteiger partial charge in [0.2, 0.25) is 0 Å². The Balaban J connectivity index is 1.96. The Kier molecular flexibility index (Phi) is 4.29. The molecule has 0 saturated carbocycles. The number of thioether (sulfide) groups is 1. The minimum atomic E-state index is 0.000234. The summed E-state index contributed by atoms with van der Waals surface area (Å²) in [5.74, 6) is 2.89. The highest BCUT2D eigenvalue weighted by Gasteiger charge is 2.20. The summed E-state index contributed by atoms with van der Waals surface area (Å²) in [5.41, 5.74) is 1.55. The average Bonchev–Trinajstić information content (AvgIpc) is 2.99. The van der Waals surface area contributed by atoms with Gasteiger partial charge in [-0.05, 0) is 31.2 Å². The smallest absolute Gasteiger partial charge is 0.252 e. The molecule has 0 radical (unpaired) electrons. The first-order chi connectivity index (χ1) is 10.3. The number of amides is 1. The number of aromatic nitrogens is 1. The summed E-state index contributed by atoms with van der Waals surface area (Å²) in [7, 11) is 0. The van der Waals surface area contributed by atoms with Gasteiger partial charge in [0.05, 0.1) is 11.1 Å². The van der Waals surface area contributed by atoms with Gasteiger partial charge in [-0.1, -0.05) is 18.2 Å². The molecule has 1 unspecified atom stereocenters. The van der Waals surface area contributed by atoms with Crippen LogP contribution < -0.4 is 10.6 Å². The molecule has 1 fully saturated rings. The van der Waals surface area contributed by atoms with E-state index >= 15 is 0 Å². The van der Waals surface area contributed by atoms with E-state index in [4.69, 9.17) is 0 Å². The fourth-order valence-corrected chi connectivity index (χ4v) is 3.70. The lowest BCUT2D eigenvalue weighted by Crippen LogP contribution is -2.34. The van der Waals surface area contributed by atoms with Gasteiger partial charge in [-0.25, -0.2) is 4.98 Å². The van der Waals surface area contributed by atoms with Crippen molar-refractivity contribution < 1.29 is 4.79 Å². The van der Waals surface area contributed by atoms with E-state index in [-0.39, 0.29) is 11.9 Å². The molecule has 5 heteroatoms. The molecule has 110 valence electrons. The van der Waals surface area contributed by atoms with Crippen LogP contribution in [-0.4, -0.2) is 35.0 Å². The van der Waals surface area contributed by atoms with Crippen LogP contribution in [0, 0.1) is 0 Å². The average molecular weight is 301 g/mol. The van der Waals surface area contributed by atoms with Crippen molar-refractivity contribution in [2.24, 2.45) is 0 Å². The molecule has 4 nitrogen and oxygen atoms in total. The monoisotopic (exact) mass is 301 g/mol. The molecule has 2 N–H and O–H groups in total. The van der Waals surface area contributed by atoms with E-state index in [0.29, 0.717) is 5.56 Å². The van der Waals surface area contributed by atoms with Gasteiger partial charge in [0.15, 0.2) is 0 Å². The first kappa shape index (κ1) is 14.2. The molecule has 1 saturated heterocycles. The quantitative estimate of drug-likeness (QED) is 0.912. The number of rotatable bonds is 4. The van der Waals surface area contributed by atoms with Crippen molar-refractivity contribution in [2.45, 2.75) is 19.4 Å². The number of carbonyl (C=O) groups excluding carboxylic acids is 1. The number of hydrogen-bond donors (Lipinski definition) is 2. The van der Waals surface area contributed by atoms with Gasteiger partial charge in [-0.2, -0.15) is 11.8 Å². The zero-order valence-corrected chi connectivity index (χ0v) is 12.9. The third-order valence-corrected chi connectivity index (χ3v) is 4.75. The van der Waals surface area contributed by atoms with Crippen LogP contribution in [0.4, 0.5) is 5.82 Å². The van der Waals surface area contributed by atoms with E-state index < -0.39 is 0 Å². The van der Waals surface area contributed by atoms with Gasteiger partial charge < -0.3 is 10.6 Å². The number of para-hydroxylation sites is 1. The van der Waals surface area contributed by atoms with Crippen LogP contribution >= 0.6 is 11.8 Å². The minimum absolute atomic E-state index is 0.000234. The fourth-order valence-electron chi connectivity index (χ4n) is 2.55. The summed E-state index contributed by atoms with van der Waals surface area (Å²) in [5, 5.41) is 7.24. The molecule has 1 aromatic heterocycles. The molecule has 0 aliphatic carbocycles. The normalized spacial score (nSPS) is 17.9. The van der Waals surface area contributed by atoms with Gasteiger partial charge in [0.1, 0.15) is 5.82 Å². The molecule has 0 bridgehead atoms. The van der Waals surface area contributed by atoms with Crippen LogP contribution in [0.25, 0.3) is 10.9 Å². The van der Waals surface area contributed by atoms with Crippen molar-refractivity contribution in [2.75, 3.05) is 23.4 Å². The highest BCUT2D eigenvalue weighted by molar-refractivity contribution is 7.99. The number of nitrogens with one attached hydrogen (secondary N) is 2. The van der Waals surface area contributed by atoms with Crippen LogP contribution in [0.5, 0.6) is 0 Å². The molecule has 2 aromatic rings. The first-order valence-corrected chi connectivity index (χ1v) is 8.45. The lowest BCUT2D eigenvalue weighted by atomic mass is 10.1. The molecule has 1 amide bonds. The van der Waals surface area contributed by atoms with Crippen LogP contribution in [0.1, 0.15) is 23.7 Å². The first-order valence-electron chi connectivity index (χ1n) is 7.30. The molecule has 1 aliphatic rings. The zero-order valence-electron chi connectivity index (χ0n) is 12.1. The van der Waals surface area contributed by atoms with Gasteiger partial charge in [-0.15, -0.1) is 0 Å². The summed E-state index contributed by atoms with van der Waals surface area (Å²) in [6.07, 6.45) is 1.06. The third-order valence-electron chi connectivity index (χ3n) is 3.58. The summed E-state index contributed by atoms with van der Waals surface area (Å²) < 4.78 is 0. The fraction of sp³-hybridized carbons (Fsp3) is 0.375. The van der Waals surface area contributed by atoms with Gasteiger partial charge in [0, 0.05) is 23.7 Å². The number of anilines is 1.